The third-order valence-electron chi connectivity index (χ3n) is 6.75. The van der Waals surface area contributed by atoms with E-state index in [1.54, 1.807) is 0 Å². The van der Waals surface area contributed by atoms with E-state index < -0.39 is 0 Å². The van der Waals surface area contributed by atoms with Crippen LogP contribution in [-0.2, 0) is 0 Å². The number of nitrogens with one attached hydrogen (secondary N) is 2. The largest absolute Gasteiger partial charge is 0.334 e. The minimum atomic E-state index is 0.176. The van der Waals surface area contributed by atoms with Crippen LogP contribution >= 0.6 is 0 Å². The summed E-state index contributed by atoms with van der Waals surface area (Å²) in [4.78, 5) is 14.6. The number of likely N-dealkylation sites (tertiary alicyclic amines) is 1. The molecule has 0 aromatic carbocycles. The maximum Gasteiger partial charge on any atom is 0.317 e. The zero-order valence-corrected chi connectivity index (χ0v) is 16.1. The van der Waals surface area contributed by atoms with E-state index in [4.69, 9.17) is 0 Å². The van der Waals surface area contributed by atoms with Gasteiger partial charge in [0.15, 0.2) is 0 Å². The molecule has 0 bridgehead atoms. The third-order valence-corrected chi connectivity index (χ3v) is 6.75. The second kappa shape index (κ2) is 10.4. The molecule has 0 unspecified atom stereocenters. The summed E-state index contributed by atoms with van der Waals surface area (Å²) in [6, 6.07) is 0.513. The van der Waals surface area contributed by atoms with Gasteiger partial charge in [0, 0.05) is 25.7 Å². The molecule has 4 nitrogen and oxygen atoms in total. The van der Waals surface area contributed by atoms with Gasteiger partial charge < -0.3 is 15.5 Å². The van der Waals surface area contributed by atoms with E-state index in [1.807, 2.05) is 0 Å². The Kier molecular flexibility index (Phi) is 7.90. The molecule has 4 heteroatoms. The highest BCUT2D eigenvalue weighted by Gasteiger charge is 2.26. The summed E-state index contributed by atoms with van der Waals surface area (Å²) in [6.07, 6.45) is 17.8. The number of carbonyl (C=O) groups is 1. The van der Waals surface area contributed by atoms with Crippen LogP contribution in [0.1, 0.15) is 83.5 Å². The highest BCUT2D eigenvalue weighted by Crippen LogP contribution is 2.34. The van der Waals surface area contributed by atoms with Crippen molar-refractivity contribution in [2.45, 2.75) is 89.5 Å². The molecule has 3 fully saturated rings. The van der Waals surface area contributed by atoms with Crippen LogP contribution in [0.25, 0.3) is 0 Å². The highest BCUT2D eigenvalue weighted by atomic mass is 16.2. The Morgan fingerprint density at radius 3 is 1.88 bits per heavy atom. The lowest BCUT2D eigenvalue weighted by molar-refractivity contribution is 0.169. The van der Waals surface area contributed by atoms with Gasteiger partial charge in [0.05, 0.1) is 0 Å². The molecule has 0 aromatic rings. The van der Waals surface area contributed by atoms with Gasteiger partial charge in [0.2, 0.25) is 0 Å². The number of nitrogens with zero attached hydrogens (tertiary/aromatic N) is 1. The fourth-order valence-electron chi connectivity index (χ4n) is 5.20. The first-order valence-corrected chi connectivity index (χ1v) is 11.1. The molecule has 1 aliphatic carbocycles. The highest BCUT2D eigenvalue weighted by molar-refractivity contribution is 5.74. The predicted octanol–water partition coefficient (Wildman–Crippen LogP) is 4.30. The third kappa shape index (κ3) is 6.16. The zero-order chi connectivity index (χ0) is 17.3. The van der Waals surface area contributed by atoms with Crippen LogP contribution < -0.4 is 10.6 Å². The summed E-state index contributed by atoms with van der Waals surface area (Å²) in [7, 11) is 0. The van der Waals surface area contributed by atoms with Crippen molar-refractivity contribution in [3.63, 3.8) is 0 Å². The Balaban J connectivity index is 1.43. The number of rotatable bonds is 2. The van der Waals surface area contributed by atoms with Crippen LogP contribution in [0.3, 0.4) is 0 Å². The molecule has 25 heavy (non-hydrogen) atoms. The fraction of sp³-hybridized carbons (Fsp3) is 0.952. The molecule has 1 saturated carbocycles. The molecule has 0 spiro atoms. The monoisotopic (exact) mass is 349 g/mol. The first-order valence-electron chi connectivity index (χ1n) is 11.1. The van der Waals surface area contributed by atoms with Gasteiger partial charge in [-0.05, 0) is 50.5 Å². The van der Waals surface area contributed by atoms with Crippen molar-refractivity contribution < 1.29 is 4.79 Å². The van der Waals surface area contributed by atoms with Crippen molar-refractivity contribution in [2.75, 3.05) is 26.2 Å². The maximum atomic E-state index is 12.5. The number of hydrogen-bond donors (Lipinski definition) is 2. The van der Waals surface area contributed by atoms with Gasteiger partial charge in [-0.15, -0.1) is 0 Å². The van der Waals surface area contributed by atoms with Crippen molar-refractivity contribution in [3.8, 4) is 0 Å². The normalized spacial score (nSPS) is 28.5. The summed E-state index contributed by atoms with van der Waals surface area (Å²) < 4.78 is 0. The van der Waals surface area contributed by atoms with Crippen molar-refractivity contribution in [1.82, 2.24) is 15.5 Å². The molecule has 2 saturated heterocycles. The van der Waals surface area contributed by atoms with Crippen LogP contribution in [0.4, 0.5) is 4.79 Å². The van der Waals surface area contributed by atoms with Crippen LogP contribution in [0, 0.1) is 11.8 Å². The van der Waals surface area contributed by atoms with Crippen LogP contribution in [0.15, 0.2) is 0 Å². The number of hydrogen-bond acceptors (Lipinski definition) is 2. The smallest absolute Gasteiger partial charge is 0.317 e. The lowest BCUT2D eigenvalue weighted by Crippen LogP contribution is -2.46. The first kappa shape index (κ1) is 19.0. The van der Waals surface area contributed by atoms with Gasteiger partial charge in [0.25, 0.3) is 0 Å². The number of urea groups is 1. The van der Waals surface area contributed by atoms with Crippen LogP contribution in [0.5, 0.6) is 0 Å². The van der Waals surface area contributed by atoms with Gasteiger partial charge in [-0.2, -0.15) is 0 Å². The average Bonchev–Trinajstić information content (AvgIpc) is 3.11. The Bertz CT molecular complexity index is 375. The molecule has 3 aliphatic rings. The summed E-state index contributed by atoms with van der Waals surface area (Å²) >= 11 is 0. The molecule has 2 amide bonds. The van der Waals surface area contributed by atoms with E-state index in [9.17, 15) is 4.79 Å². The molecule has 1 atom stereocenters. The van der Waals surface area contributed by atoms with Crippen molar-refractivity contribution >= 4 is 6.03 Å². The minimum Gasteiger partial charge on any atom is -0.334 e. The Morgan fingerprint density at radius 2 is 1.32 bits per heavy atom. The quantitative estimate of drug-likeness (QED) is 0.780. The SMILES string of the molecule is O=C(N[C@@H]1CCNC1)N1CCCC(C2CCCCCCCC2)CCC1. The van der Waals surface area contributed by atoms with Gasteiger partial charge in [-0.1, -0.05) is 51.4 Å². The molecule has 0 aromatic heterocycles. The van der Waals surface area contributed by atoms with Gasteiger partial charge in [-0.3, -0.25) is 0 Å². The van der Waals surface area contributed by atoms with Crippen LogP contribution in [0.2, 0.25) is 0 Å². The molecule has 2 heterocycles. The Labute approximate surface area is 154 Å². The molecular formula is C21H39N3O. The van der Waals surface area contributed by atoms with E-state index >= 15 is 0 Å². The molecule has 0 radical (unpaired) electrons. The fourth-order valence-corrected chi connectivity index (χ4v) is 5.20. The van der Waals surface area contributed by atoms with E-state index in [2.05, 4.69) is 15.5 Å². The summed E-state index contributed by atoms with van der Waals surface area (Å²) in [6.45, 7) is 3.88. The lowest BCUT2D eigenvalue weighted by atomic mass is 9.78. The predicted molar refractivity (Wildman–Crippen MR) is 104 cm³/mol. The molecule has 144 valence electrons. The number of carbonyl (C=O) groups excluding carboxylic acids is 1. The number of amides is 2. The van der Waals surface area contributed by atoms with E-state index in [-0.39, 0.29) is 6.03 Å². The maximum absolute atomic E-state index is 12.5. The molecular weight excluding hydrogens is 310 g/mol. The van der Waals surface area contributed by atoms with Crippen LogP contribution in [-0.4, -0.2) is 43.2 Å². The molecule has 2 N–H and O–H groups in total. The van der Waals surface area contributed by atoms with E-state index in [0.717, 1.165) is 44.4 Å². The molecule has 3 rings (SSSR count). The standard InChI is InChI=1S/C21H39N3O/c25-21(23-20-13-14-22-17-20)24-15-7-11-19(12-8-16-24)18-9-5-3-1-2-4-6-10-18/h18-20,22H,1-17H2,(H,23,25)/t20-/m1/s1. The van der Waals surface area contributed by atoms with Gasteiger partial charge in [-0.25, -0.2) is 4.79 Å². The van der Waals surface area contributed by atoms with Crippen molar-refractivity contribution in [2.24, 2.45) is 11.8 Å². The van der Waals surface area contributed by atoms with Gasteiger partial charge in [0.1, 0.15) is 0 Å². The minimum absolute atomic E-state index is 0.176. The lowest BCUT2D eigenvalue weighted by Gasteiger charge is -2.33. The molecule has 2 aliphatic heterocycles. The van der Waals surface area contributed by atoms with Gasteiger partial charge >= 0.3 is 6.03 Å². The summed E-state index contributed by atoms with van der Waals surface area (Å²) in [5, 5.41) is 6.54. The Hall–Kier alpha value is -0.770. The zero-order valence-electron chi connectivity index (χ0n) is 16.1. The second-order valence-corrected chi connectivity index (χ2v) is 8.63. The van der Waals surface area contributed by atoms with E-state index in [0.29, 0.717) is 6.04 Å². The Morgan fingerprint density at radius 1 is 0.760 bits per heavy atom. The van der Waals surface area contributed by atoms with Crippen molar-refractivity contribution in [3.05, 3.63) is 0 Å². The second-order valence-electron chi connectivity index (χ2n) is 8.63. The van der Waals surface area contributed by atoms with Crippen molar-refractivity contribution in [1.29, 1.82) is 0 Å². The van der Waals surface area contributed by atoms with E-state index in [1.165, 1.54) is 77.0 Å². The summed E-state index contributed by atoms with van der Waals surface area (Å²) in [5.74, 6) is 1.88. The topological polar surface area (TPSA) is 44.4 Å². The average molecular weight is 350 g/mol. The first-order chi connectivity index (χ1) is 12.3. The summed E-state index contributed by atoms with van der Waals surface area (Å²) in [5.41, 5.74) is 0.